The predicted octanol–water partition coefficient (Wildman–Crippen LogP) is 0.681. The lowest BCUT2D eigenvalue weighted by atomic mass is 9.95. The minimum atomic E-state index is -0.222. The van der Waals surface area contributed by atoms with E-state index in [1.165, 1.54) is 0 Å². The molecule has 0 saturated carbocycles. The summed E-state index contributed by atoms with van der Waals surface area (Å²) in [6.07, 6.45) is 0.522. The van der Waals surface area contributed by atoms with Gasteiger partial charge in [0.2, 0.25) is 0 Å². The fourth-order valence-electron chi connectivity index (χ4n) is 1.97. The van der Waals surface area contributed by atoms with Crippen molar-refractivity contribution >= 4 is 0 Å². The Morgan fingerprint density at radius 1 is 1.24 bits per heavy atom. The molecule has 0 aliphatic carbocycles. The molecule has 0 aliphatic rings. The number of ether oxygens (including phenoxy) is 3. The van der Waals surface area contributed by atoms with Gasteiger partial charge in [0, 0.05) is 46.4 Å². The highest BCUT2D eigenvalue weighted by molar-refractivity contribution is 4.88. The molecule has 1 atom stereocenters. The van der Waals surface area contributed by atoms with Crippen molar-refractivity contribution in [2.45, 2.75) is 32.1 Å². The largest absolute Gasteiger partial charge is 0.383 e. The molecule has 5 nitrogen and oxygen atoms in total. The number of nitrogens with zero attached hydrogens (tertiary/aromatic N) is 1. The zero-order valence-electron chi connectivity index (χ0n) is 11.9. The first kappa shape index (κ1) is 16.8. The van der Waals surface area contributed by atoms with E-state index in [2.05, 4.69) is 18.7 Å². The zero-order valence-corrected chi connectivity index (χ0v) is 11.9. The Kier molecular flexibility index (Phi) is 8.72. The molecular weight excluding hydrogens is 220 g/mol. The Balaban J connectivity index is 4.58. The van der Waals surface area contributed by atoms with Crippen LogP contribution in [0.5, 0.6) is 0 Å². The maximum absolute atomic E-state index is 5.92. The van der Waals surface area contributed by atoms with E-state index in [0.717, 1.165) is 19.5 Å². The molecule has 0 radical (unpaired) electrons. The molecule has 1 unspecified atom stereocenters. The van der Waals surface area contributed by atoms with Crippen molar-refractivity contribution in [1.29, 1.82) is 0 Å². The topological polar surface area (TPSA) is 57.0 Å². The summed E-state index contributed by atoms with van der Waals surface area (Å²) in [4.78, 5) is 2.31. The third-order valence-electron chi connectivity index (χ3n) is 3.28. The molecule has 0 aromatic heterocycles. The summed E-state index contributed by atoms with van der Waals surface area (Å²) >= 11 is 0. The number of rotatable bonds is 10. The zero-order chi connectivity index (χ0) is 13.3. The average molecular weight is 248 g/mol. The van der Waals surface area contributed by atoms with Crippen LogP contribution in [-0.4, -0.2) is 64.3 Å². The van der Waals surface area contributed by atoms with Gasteiger partial charge in [-0.05, 0) is 13.5 Å². The highest BCUT2D eigenvalue weighted by Crippen LogP contribution is 2.21. The van der Waals surface area contributed by atoms with E-state index in [4.69, 9.17) is 19.9 Å². The quantitative estimate of drug-likeness (QED) is 0.576. The Labute approximate surface area is 105 Å². The number of likely N-dealkylation sites (N-methyl/N-ethyl adjacent to an activating group) is 1. The summed E-state index contributed by atoms with van der Waals surface area (Å²) < 4.78 is 15.6. The first-order chi connectivity index (χ1) is 8.07. The summed E-state index contributed by atoms with van der Waals surface area (Å²) in [7, 11) is 5.01. The van der Waals surface area contributed by atoms with Crippen molar-refractivity contribution in [3.05, 3.63) is 0 Å². The summed E-state index contributed by atoms with van der Waals surface area (Å²) in [6, 6.07) is 0. The molecule has 0 spiro atoms. The van der Waals surface area contributed by atoms with Gasteiger partial charge in [-0.1, -0.05) is 6.92 Å². The van der Waals surface area contributed by atoms with E-state index in [9.17, 15) is 0 Å². The highest BCUT2D eigenvalue weighted by Gasteiger charge is 2.32. The van der Waals surface area contributed by atoms with Gasteiger partial charge in [-0.15, -0.1) is 0 Å². The van der Waals surface area contributed by atoms with Crippen LogP contribution >= 0.6 is 0 Å². The first-order valence-corrected chi connectivity index (χ1v) is 6.07. The summed E-state index contributed by atoms with van der Waals surface area (Å²) in [5.74, 6) is 0. The monoisotopic (exact) mass is 248 g/mol. The van der Waals surface area contributed by atoms with Crippen molar-refractivity contribution in [2.75, 3.05) is 47.6 Å². The molecule has 0 heterocycles. The molecule has 0 bridgehead atoms. The van der Waals surface area contributed by atoms with E-state index in [0.29, 0.717) is 13.2 Å². The predicted molar refractivity (Wildman–Crippen MR) is 69.0 cm³/mol. The summed E-state index contributed by atoms with van der Waals surface area (Å²) in [6.45, 7) is 7.31. The number of hydrogen-bond donors (Lipinski definition) is 1. The van der Waals surface area contributed by atoms with Gasteiger partial charge in [-0.3, -0.25) is 4.90 Å². The Morgan fingerprint density at radius 3 is 2.18 bits per heavy atom. The van der Waals surface area contributed by atoms with Crippen molar-refractivity contribution in [2.24, 2.45) is 5.73 Å². The van der Waals surface area contributed by atoms with Gasteiger partial charge in [0.1, 0.15) is 0 Å². The Morgan fingerprint density at radius 2 is 1.82 bits per heavy atom. The maximum atomic E-state index is 5.92. The molecule has 2 N–H and O–H groups in total. The molecule has 0 amide bonds. The second-order valence-corrected chi connectivity index (χ2v) is 4.38. The van der Waals surface area contributed by atoms with Crippen LogP contribution in [0.25, 0.3) is 0 Å². The van der Waals surface area contributed by atoms with Gasteiger partial charge < -0.3 is 19.9 Å². The molecule has 0 rings (SSSR count). The molecule has 0 saturated heterocycles. The van der Waals surface area contributed by atoms with Gasteiger partial charge in [-0.25, -0.2) is 0 Å². The lowest BCUT2D eigenvalue weighted by Crippen LogP contribution is -2.54. The van der Waals surface area contributed by atoms with Crippen LogP contribution in [0.15, 0.2) is 0 Å². The molecular formula is C12H28N2O3. The number of hydrogen-bond acceptors (Lipinski definition) is 5. The third-order valence-corrected chi connectivity index (χ3v) is 3.28. The molecule has 104 valence electrons. The minimum Gasteiger partial charge on any atom is -0.383 e. The number of methoxy groups -OCH3 is 3. The van der Waals surface area contributed by atoms with Crippen molar-refractivity contribution in [3.8, 4) is 0 Å². The van der Waals surface area contributed by atoms with Crippen LogP contribution in [0.2, 0.25) is 0 Å². The molecule has 17 heavy (non-hydrogen) atoms. The van der Waals surface area contributed by atoms with Crippen LogP contribution in [0.1, 0.15) is 20.3 Å². The van der Waals surface area contributed by atoms with Gasteiger partial charge in [0.05, 0.1) is 6.61 Å². The lowest BCUT2D eigenvalue weighted by Gasteiger charge is -2.41. The lowest BCUT2D eigenvalue weighted by molar-refractivity contribution is -0.129. The van der Waals surface area contributed by atoms with Gasteiger partial charge in [-0.2, -0.15) is 0 Å². The van der Waals surface area contributed by atoms with Crippen molar-refractivity contribution < 1.29 is 14.2 Å². The van der Waals surface area contributed by atoms with E-state index in [-0.39, 0.29) is 11.8 Å². The van der Waals surface area contributed by atoms with E-state index in [1.54, 1.807) is 21.3 Å². The fraction of sp³-hybridized carbons (Fsp3) is 1.00. The normalized spacial score (nSPS) is 15.5. The molecule has 0 aromatic rings. The molecule has 0 aromatic carbocycles. The molecule has 0 aliphatic heterocycles. The number of nitrogens with two attached hydrogens (primary N) is 1. The summed E-state index contributed by atoms with van der Waals surface area (Å²) in [5, 5.41) is 0. The molecule has 0 fully saturated rings. The van der Waals surface area contributed by atoms with Crippen molar-refractivity contribution in [1.82, 2.24) is 4.90 Å². The van der Waals surface area contributed by atoms with Crippen LogP contribution in [0, 0.1) is 0 Å². The highest BCUT2D eigenvalue weighted by atomic mass is 16.7. The first-order valence-electron chi connectivity index (χ1n) is 6.07. The SMILES string of the molecule is CCN(CCOC)C(C)(CN)CC(OC)OC. The second kappa shape index (κ2) is 8.83. The van der Waals surface area contributed by atoms with Crippen LogP contribution in [0.3, 0.4) is 0 Å². The fourth-order valence-corrected chi connectivity index (χ4v) is 1.97. The average Bonchev–Trinajstić information content (AvgIpc) is 2.36. The van der Waals surface area contributed by atoms with Crippen LogP contribution in [-0.2, 0) is 14.2 Å². The standard InChI is InChI=1S/C12H28N2O3/c1-6-14(7-8-15-3)12(2,10-13)9-11(16-4)17-5/h11H,6-10,13H2,1-5H3. The van der Waals surface area contributed by atoms with Crippen molar-refractivity contribution in [3.63, 3.8) is 0 Å². The van der Waals surface area contributed by atoms with Gasteiger partial charge >= 0.3 is 0 Å². The molecule has 5 heteroatoms. The summed E-state index contributed by atoms with van der Waals surface area (Å²) in [5.41, 5.74) is 5.78. The van der Waals surface area contributed by atoms with Crippen LogP contribution in [0.4, 0.5) is 0 Å². The third kappa shape index (κ3) is 5.31. The van der Waals surface area contributed by atoms with E-state index >= 15 is 0 Å². The Hall–Kier alpha value is -0.200. The van der Waals surface area contributed by atoms with Crippen LogP contribution < -0.4 is 5.73 Å². The second-order valence-electron chi connectivity index (χ2n) is 4.38. The van der Waals surface area contributed by atoms with Gasteiger partial charge in [0.25, 0.3) is 0 Å². The maximum Gasteiger partial charge on any atom is 0.158 e. The minimum absolute atomic E-state index is 0.135. The van der Waals surface area contributed by atoms with E-state index < -0.39 is 0 Å². The van der Waals surface area contributed by atoms with E-state index in [1.807, 2.05) is 0 Å². The Bertz CT molecular complexity index is 189. The smallest absolute Gasteiger partial charge is 0.158 e. The van der Waals surface area contributed by atoms with Gasteiger partial charge in [0.15, 0.2) is 6.29 Å².